The van der Waals surface area contributed by atoms with Gasteiger partial charge in [-0.05, 0) is 0 Å². The molecule has 21 heavy (non-hydrogen) atoms. The van der Waals surface area contributed by atoms with Crippen molar-refractivity contribution < 1.29 is 17.5 Å². The highest BCUT2D eigenvalue weighted by atomic mass is 32.3. The Morgan fingerprint density at radius 2 is 0.905 bits per heavy atom. The molecule has 0 aromatic carbocycles. The van der Waals surface area contributed by atoms with Crippen molar-refractivity contribution in [1.29, 1.82) is 10.8 Å². The first-order chi connectivity index (χ1) is 9.43. The van der Waals surface area contributed by atoms with Crippen LogP contribution in [0, 0.1) is 10.8 Å². The summed E-state index contributed by atoms with van der Waals surface area (Å²) < 4.78 is 31.6. The summed E-state index contributed by atoms with van der Waals surface area (Å²) in [7, 11) is 3.08. The number of rotatable bonds is 0. The van der Waals surface area contributed by atoms with E-state index in [4.69, 9.17) is 28.3 Å². The van der Waals surface area contributed by atoms with Gasteiger partial charge in [0.1, 0.15) is 0 Å². The first-order valence-electron chi connectivity index (χ1n) is 6.15. The molecule has 2 rings (SSSR count). The summed E-state index contributed by atoms with van der Waals surface area (Å²) >= 11 is 0. The van der Waals surface area contributed by atoms with Crippen LogP contribution < -0.4 is 0 Å². The number of likely N-dealkylation sites (N-methyl/N-ethyl adjacent to an activating group) is 4. The molecule has 0 radical (unpaired) electrons. The zero-order valence-corrected chi connectivity index (χ0v) is 13.6. The van der Waals surface area contributed by atoms with Gasteiger partial charge in [0.2, 0.25) is 0 Å². The predicted octanol–water partition coefficient (Wildman–Crippen LogP) is -1.06. The van der Waals surface area contributed by atoms with Crippen LogP contribution in [0.5, 0.6) is 0 Å². The molecule has 11 heteroatoms. The average molecular weight is 324 g/mol. The molecule has 0 saturated carbocycles. The zero-order valence-electron chi connectivity index (χ0n) is 12.7. The Morgan fingerprint density at radius 3 is 0.952 bits per heavy atom. The molecule has 2 aliphatic rings. The number of hydrogen-bond acceptors (Lipinski definition) is 4. The summed E-state index contributed by atoms with van der Waals surface area (Å²) in [6.07, 6.45) is 0. The van der Waals surface area contributed by atoms with Crippen LogP contribution in [-0.2, 0) is 10.4 Å². The van der Waals surface area contributed by atoms with Gasteiger partial charge in [-0.1, -0.05) is 0 Å². The van der Waals surface area contributed by atoms with Crippen LogP contribution >= 0.6 is 0 Å². The Kier molecular flexibility index (Phi) is 7.39. The lowest BCUT2D eigenvalue weighted by atomic mass is 10.6. The largest absolute Gasteiger partial charge is 0.394 e. The quantitative estimate of drug-likeness (QED) is 0.414. The van der Waals surface area contributed by atoms with Crippen molar-refractivity contribution in [2.24, 2.45) is 0 Å². The first kappa shape index (κ1) is 19.4. The van der Waals surface area contributed by atoms with Gasteiger partial charge in [0.15, 0.2) is 11.9 Å². The maximum atomic E-state index is 8.74. The Morgan fingerprint density at radius 1 is 0.762 bits per heavy atom. The first-order valence-corrected chi connectivity index (χ1v) is 7.54. The second kappa shape index (κ2) is 8.00. The minimum atomic E-state index is -4.67. The molecule has 124 valence electrons. The molecule has 0 bridgehead atoms. The summed E-state index contributed by atoms with van der Waals surface area (Å²) in [5.74, 6) is 1.26. The van der Waals surface area contributed by atoms with E-state index in [0.29, 0.717) is 11.9 Å². The Bertz CT molecular complexity index is 408. The molecular formula is C10H24N6O4S. The van der Waals surface area contributed by atoms with E-state index in [1.165, 1.54) is 0 Å². The smallest absolute Gasteiger partial charge is 0.344 e. The van der Waals surface area contributed by atoms with Crippen molar-refractivity contribution in [3.8, 4) is 0 Å². The van der Waals surface area contributed by atoms with Crippen LogP contribution in [0.3, 0.4) is 0 Å². The Hall–Kier alpha value is -1.59. The van der Waals surface area contributed by atoms with Gasteiger partial charge < -0.3 is 19.6 Å². The molecule has 2 heterocycles. The molecule has 0 amide bonds. The van der Waals surface area contributed by atoms with Gasteiger partial charge in [0.05, 0.1) is 0 Å². The second-order valence-corrected chi connectivity index (χ2v) is 5.68. The van der Waals surface area contributed by atoms with Crippen molar-refractivity contribution in [3.63, 3.8) is 0 Å². The maximum Gasteiger partial charge on any atom is 0.394 e. The van der Waals surface area contributed by atoms with Crippen molar-refractivity contribution in [1.82, 2.24) is 19.6 Å². The minimum Gasteiger partial charge on any atom is -0.344 e. The van der Waals surface area contributed by atoms with Gasteiger partial charge in [0, 0.05) is 54.4 Å². The fraction of sp³-hybridized carbons (Fsp3) is 0.800. The third-order valence-corrected chi connectivity index (χ3v) is 2.99. The third-order valence-electron chi connectivity index (χ3n) is 2.99. The lowest BCUT2D eigenvalue weighted by Gasteiger charge is -2.11. The lowest BCUT2D eigenvalue weighted by Crippen LogP contribution is -2.26. The van der Waals surface area contributed by atoms with E-state index >= 15 is 0 Å². The summed E-state index contributed by atoms with van der Waals surface area (Å²) in [6.45, 7) is 3.98. The molecule has 0 aromatic heterocycles. The molecule has 2 aliphatic heterocycles. The normalized spacial score (nSPS) is 18.4. The van der Waals surface area contributed by atoms with Crippen LogP contribution in [-0.4, -0.2) is 103 Å². The highest BCUT2D eigenvalue weighted by Crippen LogP contribution is 1.99. The van der Waals surface area contributed by atoms with E-state index in [0.717, 1.165) is 26.2 Å². The van der Waals surface area contributed by atoms with E-state index in [2.05, 4.69) is 0 Å². The summed E-state index contributed by atoms with van der Waals surface area (Å²) in [6, 6.07) is 0. The van der Waals surface area contributed by atoms with E-state index in [-0.39, 0.29) is 0 Å². The summed E-state index contributed by atoms with van der Waals surface area (Å²) in [5.41, 5.74) is 0. The van der Waals surface area contributed by atoms with E-state index in [9.17, 15) is 0 Å². The van der Waals surface area contributed by atoms with E-state index in [1.807, 2.05) is 47.8 Å². The number of nitrogens with one attached hydrogen (secondary N) is 2. The molecule has 0 spiro atoms. The molecule has 0 aliphatic carbocycles. The van der Waals surface area contributed by atoms with Crippen molar-refractivity contribution in [3.05, 3.63) is 0 Å². The molecule has 0 atom stereocenters. The predicted molar refractivity (Wildman–Crippen MR) is 80.2 cm³/mol. The molecule has 2 fully saturated rings. The topological polar surface area (TPSA) is 135 Å². The van der Waals surface area contributed by atoms with Crippen molar-refractivity contribution in [2.75, 3.05) is 54.4 Å². The summed E-state index contributed by atoms with van der Waals surface area (Å²) in [4.78, 5) is 7.72. The van der Waals surface area contributed by atoms with Crippen molar-refractivity contribution in [2.45, 2.75) is 0 Å². The fourth-order valence-corrected chi connectivity index (χ4v) is 1.61. The molecule has 10 nitrogen and oxygen atoms in total. The molecule has 4 N–H and O–H groups in total. The van der Waals surface area contributed by atoms with Gasteiger partial charge in [-0.25, -0.2) is 0 Å². The maximum absolute atomic E-state index is 8.74. The van der Waals surface area contributed by atoms with Gasteiger partial charge in [-0.2, -0.15) is 8.42 Å². The van der Waals surface area contributed by atoms with E-state index in [1.54, 1.807) is 0 Å². The van der Waals surface area contributed by atoms with Gasteiger partial charge in [0.25, 0.3) is 0 Å². The number of guanidine groups is 2. The molecule has 2 saturated heterocycles. The summed E-state index contributed by atoms with van der Waals surface area (Å²) in [5, 5.41) is 14.6. The molecular weight excluding hydrogens is 300 g/mol. The van der Waals surface area contributed by atoms with Crippen LogP contribution in [0.2, 0.25) is 0 Å². The van der Waals surface area contributed by atoms with Gasteiger partial charge >= 0.3 is 10.4 Å². The Labute approximate surface area is 125 Å². The standard InChI is InChI=1S/2C5H11N3.H2O4S/c2*1-7-3-4-8(2)5(7)6;1-5(2,3)4/h2*6H,3-4H2,1-2H3;(H2,1,2,3,4). The van der Waals surface area contributed by atoms with Crippen LogP contribution in [0.4, 0.5) is 0 Å². The van der Waals surface area contributed by atoms with Crippen LogP contribution in [0.1, 0.15) is 0 Å². The van der Waals surface area contributed by atoms with Gasteiger partial charge in [-0.3, -0.25) is 19.9 Å². The Balaban J connectivity index is 0.000000296. The number of hydrogen-bond donors (Lipinski definition) is 4. The average Bonchev–Trinajstić information content (AvgIpc) is 2.79. The minimum absolute atomic E-state index is 0.630. The second-order valence-electron chi connectivity index (χ2n) is 4.78. The molecule has 0 aromatic rings. The SMILES string of the molecule is CN1CCN(C)C1=N.CN1CCN(C)C1=N.O=S(=O)(O)O. The monoisotopic (exact) mass is 324 g/mol. The fourth-order valence-electron chi connectivity index (χ4n) is 1.61. The van der Waals surface area contributed by atoms with Crippen molar-refractivity contribution >= 4 is 22.3 Å². The third kappa shape index (κ3) is 8.32. The van der Waals surface area contributed by atoms with Crippen LogP contribution in [0.25, 0.3) is 0 Å². The number of nitrogens with zero attached hydrogens (tertiary/aromatic N) is 4. The molecule has 0 unspecified atom stereocenters. The van der Waals surface area contributed by atoms with Gasteiger partial charge in [-0.15, -0.1) is 0 Å². The highest BCUT2D eigenvalue weighted by molar-refractivity contribution is 7.79. The lowest BCUT2D eigenvalue weighted by molar-refractivity contribution is 0.381. The highest BCUT2D eigenvalue weighted by Gasteiger charge is 2.17. The van der Waals surface area contributed by atoms with E-state index < -0.39 is 10.4 Å². The zero-order chi connectivity index (χ0) is 16.8. The van der Waals surface area contributed by atoms with Crippen LogP contribution in [0.15, 0.2) is 0 Å².